The average Bonchev–Trinajstić information content (AvgIpc) is 1.97. The fraction of sp³-hybridized carbons (Fsp3) is 0.800. The summed E-state index contributed by atoms with van der Waals surface area (Å²) in [5, 5.41) is 3.40. The van der Waals surface area contributed by atoms with Gasteiger partial charge in [-0.25, -0.2) is 0 Å². The van der Waals surface area contributed by atoms with Crippen LogP contribution >= 0.6 is 11.6 Å². The summed E-state index contributed by atoms with van der Waals surface area (Å²) in [7, 11) is 0. The highest BCUT2D eigenvalue weighted by Crippen LogP contribution is 2.02. The molecule has 0 bridgehead atoms. The zero-order valence-electron chi connectivity index (χ0n) is 8.31. The van der Waals surface area contributed by atoms with Gasteiger partial charge in [-0.2, -0.15) is 0 Å². The van der Waals surface area contributed by atoms with Crippen molar-refractivity contribution in [2.24, 2.45) is 5.92 Å². The zero-order valence-corrected chi connectivity index (χ0v) is 9.06. The molecule has 0 aromatic carbocycles. The molecule has 0 rings (SSSR count). The molecule has 12 heavy (non-hydrogen) atoms. The third-order valence-corrected chi connectivity index (χ3v) is 1.84. The SMILES string of the molecule is CC(C)CC(C)NC/C=C/CCl. The van der Waals surface area contributed by atoms with Gasteiger partial charge in [0.25, 0.3) is 0 Å². The summed E-state index contributed by atoms with van der Waals surface area (Å²) in [6.45, 7) is 7.63. The van der Waals surface area contributed by atoms with Crippen molar-refractivity contribution >= 4 is 11.6 Å². The number of hydrogen-bond acceptors (Lipinski definition) is 1. The van der Waals surface area contributed by atoms with Crippen molar-refractivity contribution in [3.8, 4) is 0 Å². The van der Waals surface area contributed by atoms with Crippen LogP contribution in [0.5, 0.6) is 0 Å². The Morgan fingerprint density at radius 3 is 2.42 bits per heavy atom. The second-order valence-electron chi connectivity index (χ2n) is 3.56. The minimum atomic E-state index is 0.602. The number of halogens is 1. The van der Waals surface area contributed by atoms with Crippen LogP contribution in [0, 0.1) is 5.92 Å². The van der Waals surface area contributed by atoms with Gasteiger partial charge in [0.1, 0.15) is 0 Å². The van der Waals surface area contributed by atoms with Crippen molar-refractivity contribution in [2.75, 3.05) is 12.4 Å². The molecule has 1 nitrogen and oxygen atoms in total. The molecule has 0 aliphatic carbocycles. The highest BCUT2D eigenvalue weighted by atomic mass is 35.5. The van der Waals surface area contributed by atoms with Crippen molar-refractivity contribution in [1.82, 2.24) is 5.32 Å². The maximum atomic E-state index is 5.49. The summed E-state index contributed by atoms with van der Waals surface area (Å²) < 4.78 is 0. The van der Waals surface area contributed by atoms with E-state index in [0.29, 0.717) is 11.9 Å². The van der Waals surface area contributed by atoms with Gasteiger partial charge in [0, 0.05) is 18.5 Å². The Morgan fingerprint density at radius 2 is 1.92 bits per heavy atom. The maximum Gasteiger partial charge on any atom is 0.0404 e. The van der Waals surface area contributed by atoms with Crippen molar-refractivity contribution in [1.29, 1.82) is 0 Å². The third kappa shape index (κ3) is 8.09. The number of allylic oxidation sites excluding steroid dienone is 1. The summed E-state index contributed by atoms with van der Waals surface area (Å²) in [5.41, 5.74) is 0. The largest absolute Gasteiger partial charge is 0.311 e. The molecule has 0 aromatic rings. The first kappa shape index (κ1) is 12.0. The van der Waals surface area contributed by atoms with Crippen LogP contribution in [0.4, 0.5) is 0 Å². The molecule has 0 fully saturated rings. The highest BCUT2D eigenvalue weighted by Gasteiger charge is 2.01. The first-order chi connectivity index (χ1) is 5.66. The second-order valence-corrected chi connectivity index (χ2v) is 3.87. The summed E-state index contributed by atoms with van der Waals surface area (Å²) in [6, 6.07) is 0.602. The average molecular weight is 190 g/mol. The minimum Gasteiger partial charge on any atom is -0.311 e. The van der Waals surface area contributed by atoms with Crippen molar-refractivity contribution in [3.05, 3.63) is 12.2 Å². The Morgan fingerprint density at radius 1 is 1.25 bits per heavy atom. The first-order valence-corrected chi connectivity index (χ1v) is 5.14. The molecule has 0 aliphatic rings. The van der Waals surface area contributed by atoms with Crippen molar-refractivity contribution in [3.63, 3.8) is 0 Å². The van der Waals surface area contributed by atoms with Gasteiger partial charge in [-0.3, -0.25) is 0 Å². The molecule has 0 amide bonds. The molecule has 0 aliphatic heterocycles. The molecule has 0 heterocycles. The molecule has 0 aromatic heterocycles. The van der Waals surface area contributed by atoms with E-state index in [2.05, 4.69) is 32.2 Å². The fourth-order valence-electron chi connectivity index (χ4n) is 1.21. The lowest BCUT2D eigenvalue weighted by molar-refractivity contribution is 0.457. The first-order valence-electron chi connectivity index (χ1n) is 4.61. The lowest BCUT2D eigenvalue weighted by atomic mass is 10.1. The predicted molar refractivity (Wildman–Crippen MR) is 56.8 cm³/mol. The normalized spacial score (nSPS) is 14.4. The molecule has 1 atom stereocenters. The Balaban J connectivity index is 3.31. The fourth-order valence-corrected chi connectivity index (χ4v) is 1.33. The molecule has 2 heteroatoms. The standard InChI is InChI=1S/C10H20ClN/c1-9(2)8-10(3)12-7-5-4-6-11/h4-5,9-10,12H,6-8H2,1-3H3/b5-4+. The second kappa shape index (κ2) is 7.63. The number of hydrogen-bond donors (Lipinski definition) is 1. The van der Waals surface area contributed by atoms with E-state index >= 15 is 0 Å². The van der Waals surface area contributed by atoms with Gasteiger partial charge in [-0.15, -0.1) is 11.6 Å². The number of rotatable bonds is 6. The van der Waals surface area contributed by atoms with Crippen LogP contribution in [-0.4, -0.2) is 18.5 Å². The van der Waals surface area contributed by atoms with Crippen molar-refractivity contribution in [2.45, 2.75) is 33.2 Å². The molecular formula is C10H20ClN. The molecule has 0 radical (unpaired) electrons. The van der Waals surface area contributed by atoms with E-state index in [1.807, 2.05) is 6.08 Å². The van der Waals surface area contributed by atoms with Gasteiger partial charge in [0.15, 0.2) is 0 Å². The molecule has 1 N–H and O–H groups in total. The molecule has 0 spiro atoms. The number of nitrogens with one attached hydrogen (secondary N) is 1. The van der Waals surface area contributed by atoms with Crippen LogP contribution in [0.2, 0.25) is 0 Å². The van der Waals surface area contributed by atoms with Gasteiger partial charge < -0.3 is 5.32 Å². The summed E-state index contributed by atoms with van der Waals surface area (Å²) in [5.74, 6) is 1.38. The summed E-state index contributed by atoms with van der Waals surface area (Å²) >= 11 is 5.49. The quantitative estimate of drug-likeness (QED) is 0.501. The molecule has 72 valence electrons. The summed E-state index contributed by atoms with van der Waals surface area (Å²) in [6.07, 6.45) is 5.27. The molecule has 0 saturated carbocycles. The Hall–Kier alpha value is -0.0100. The maximum absolute atomic E-state index is 5.49. The van der Waals surface area contributed by atoms with Crippen LogP contribution < -0.4 is 5.32 Å². The monoisotopic (exact) mass is 189 g/mol. The smallest absolute Gasteiger partial charge is 0.0404 e. The third-order valence-electron chi connectivity index (χ3n) is 1.66. The van der Waals surface area contributed by atoms with E-state index in [4.69, 9.17) is 11.6 Å². The lowest BCUT2D eigenvalue weighted by Crippen LogP contribution is -2.27. The van der Waals surface area contributed by atoms with Gasteiger partial charge in [-0.1, -0.05) is 26.0 Å². The van der Waals surface area contributed by atoms with Crippen LogP contribution in [0.25, 0.3) is 0 Å². The Labute approximate surface area is 81.2 Å². The van der Waals surface area contributed by atoms with E-state index in [1.54, 1.807) is 0 Å². The molecule has 1 unspecified atom stereocenters. The van der Waals surface area contributed by atoms with E-state index in [1.165, 1.54) is 6.42 Å². The topological polar surface area (TPSA) is 12.0 Å². The Kier molecular flexibility index (Phi) is 7.62. The molecule has 0 saturated heterocycles. The highest BCUT2D eigenvalue weighted by molar-refractivity contribution is 6.18. The number of alkyl halides is 1. The van der Waals surface area contributed by atoms with Crippen LogP contribution in [0.1, 0.15) is 27.2 Å². The Bertz CT molecular complexity index is 121. The van der Waals surface area contributed by atoms with Gasteiger partial charge in [0.2, 0.25) is 0 Å². The lowest BCUT2D eigenvalue weighted by Gasteiger charge is -2.14. The zero-order chi connectivity index (χ0) is 9.40. The van der Waals surface area contributed by atoms with Crippen molar-refractivity contribution < 1.29 is 0 Å². The van der Waals surface area contributed by atoms with Crippen LogP contribution in [-0.2, 0) is 0 Å². The molecular weight excluding hydrogens is 170 g/mol. The van der Waals surface area contributed by atoms with E-state index in [9.17, 15) is 0 Å². The predicted octanol–water partition coefficient (Wildman–Crippen LogP) is 2.81. The van der Waals surface area contributed by atoms with E-state index < -0.39 is 0 Å². The van der Waals surface area contributed by atoms with Gasteiger partial charge in [0.05, 0.1) is 0 Å². The summed E-state index contributed by atoms with van der Waals surface area (Å²) in [4.78, 5) is 0. The van der Waals surface area contributed by atoms with E-state index in [0.717, 1.165) is 12.5 Å². The van der Waals surface area contributed by atoms with Crippen LogP contribution in [0.3, 0.4) is 0 Å². The van der Waals surface area contributed by atoms with Gasteiger partial charge >= 0.3 is 0 Å². The minimum absolute atomic E-state index is 0.602. The van der Waals surface area contributed by atoms with E-state index in [-0.39, 0.29) is 0 Å². The van der Waals surface area contributed by atoms with Crippen LogP contribution in [0.15, 0.2) is 12.2 Å². The van der Waals surface area contributed by atoms with Gasteiger partial charge in [-0.05, 0) is 19.3 Å².